The molecule has 2 aromatic carbocycles. The van der Waals surface area contributed by atoms with Crippen LogP contribution in [0.25, 0.3) is 10.9 Å². The van der Waals surface area contributed by atoms with Gasteiger partial charge in [0.15, 0.2) is 18.1 Å². The Kier molecular flexibility index (Phi) is 6.90. The van der Waals surface area contributed by atoms with Crippen molar-refractivity contribution in [2.75, 3.05) is 13.7 Å². The first kappa shape index (κ1) is 22.0. The maximum absolute atomic E-state index is 13.1. The summed E-state index contributed by atoms with van der Waals surface area (Å²) in [5.41, 5.74) is 1.06. The van der Waals surface area contributed by atoms with E-state index >= 15 is 0 Å². The summed E-state index contributed by atoms with van der Waals surface area (Å²) in [5.74, 6) is 1.42. The highest BCUT2D eigenvalue weighted by molar-refractivity contribution is 9.10. The Balaban J connectivity index is 2.10. The van der Waals surface area contributed by atoms with Gasteiger partial charge in [-0.3, -0.25) is 4.79 Å². The molecular weight excluding hydrogens is 516 g/mol. The molecule has 0 aliphatic rings. The summed E-state index contributed by atoms with van der Waals surface area (Å²) in [6.07, 6.45) is 1.56. The molecule has 154 valence electrons. The molecule has 0 spiro atoms. The molecule has 9 heteroatoms. The molecule has 0 N–H and O–H groups in total. The fourth-order valence-corrected chi connectivity index (χ4v) is 3.77. The molecule has 0 saturated carbocycles. The van der Waals surface area contributed by atoms with Crippen LogP contribution < -0.4 is 15.0 Å². The molecule has 3 rings (SSSR count). The Morgan fingerprint density at radius 3 is 2.73 bits per heavy atom. The lowest BCUT2D eigenvalue weighted by Gasteiger charge is -2.13. The zero-order valence-corrected chi connectivity index (χ0v) is 19.7. The summed E-state index contributed by atoms with van der Waals surface area (Å²) >= 11 is 6.82. The van der Waals surface area contributed by atoms with E-state index in [0.717, 1.165) is 4.47 Å². The van der Waals surface area contributed by atoms with Crippen LogP contribution in [-0.4, -0.2) is 29.6 Å². The SMILES string of the molecule is COc1cc(C=Nn2c(C(C)C)nc3ccc(Br)cc3c2=O)cc(Br)c1OCC#N. The smallest absolute Gasteiger partial charge is 0.282 e. The lowest BCUT2D eigenvalue weighted by Crippen LogP contribution is -2.23. The van der Waals surface area contributed by atoms with Gasteiger partial charge in [-0.25, -0.2) is 4.98 Å². The van der Waals surface area contributed by atoms with E-state index in [-0.39, 0.29) is 18.1 Å². The Bertz CT molecular complexity index is 1230. The van der Waals surface area contributed by atoms with E-state index in [0.29, 0.717) is 38.3 Å². The standard InChI is InChI=1S/C21H18Br2N4O3/c1-12(2)20-26-17-5-4-14(22)10-15(17)21(28)27(20)25-11-13-8-16(23)19(30-7-6-24)18(9-13)29-3/h4-5,8-12H,7H2,1-3H3. The second-order valence-electron chi connectivity index (χ2n) is 6.63. The van der Waals surface area contributed by atoms with Gasteiger partial charge >= 0.3 is 0 Å². The molecule has 1 heterocycles. The first-order chi connectivity index (χ1) is 14.3. The molecule has 30 heavy (non-hydrogen) atoms. The van der Waals surface area contributed by atoms with Crippen molar-refractivity contribution in [1.82, 2.24) is 9.66 Å². The van der Waals surface area contributed by atoms with Crippen molar-refractivity contribution in [2.24, 2.45) is 5.10 Å². The molecule has 0 bridgehead atoms. The third-order valence-electron chi connectivity index (χ3n) is 4.20. The van der Waals surface area contributed by atoms with Gasteiger partial charge in [-0.2, -0.15) is 15.0 Å². The average molecular weight is 534 g/mol. The number of nitriles is 1. The van der Waals surface area contributed by atoms with Gasteiger partial charge in [-0.05, 0) is 51.8 Å². The van der Waals surface area contributed by atoms with E-state index in [9.17, 15) is 4.79 Å². The molecule has 0 amide bonds. The number of hydrogen-bond acceptors (Lipinski definition) is 6. The maximum Gasteiger partial charge on any atom is 0.282 e. The highest BCUT2D eigenvalue weighted by atomic mass is 79.9. The summed E-state index contributed by atoms with van der Waals surface area (Å²) in [5, 5.41) is 13.6. The van der Waals surface area contributed by atoms with Crippen LogP contribution in [-0.2, 0) is 0 Å². The van der Waals surface area contributed by atoms with Crippen molar-refractivity contribution in [3.8, 4) is 17.6 Å². The van der Waals surface area contributed by atoms with E-state index in [1.54, 1.807) is 24.4 Å². The van der Waals surface area contributed by atoms with Gasteiger partial charge in [-0.1, -0.05) is 29.8 Å². The van der Waals surface area contributed by atoms with Crippen molar-refractivity contribution in [2.45, 2.75) is 19.8 Å². The number of fused-ring (bicyclic) bond motifs is 1. The first-order valence-corrected chi connectivity index (χ1v) is 10.6. The van der Waals surface area contributed by atoms with E-state index in [1.165, 1.54) is 11.8 Å². The molecule has 0 aliphatic heterocycles. The largest absolute Gasteiger partial charge is 0.493 e. The normalized spacial score (nSPS) is 11.2. The number of halogens is 2. The lowest BCUT2D eigenvalue weighted by atomic mass is 10.2. The molecule has 0 saturated heterocycles. The van der Waals surface area contributed by atoms with Crippen LogP contribution in [0.2, 0.25) is 0 Å². The van der Waals surface area contributed by atoms with E-state index < -0.39 is 0 Å². The first-order valence-electron chi connectivity index (χ1n) is 8.99. The van der Waals surface area contributed by atoms with Crippen molar-refractivity contribution < 1.29 is 9.47 Å². The molecular formula is C21H18Br2N4O3. The van der Waals surface area contributed by atoms with Crippen LogP contribution in [0.3, 0.4) is 0 Å². The maximum atomic E-state index is 13.1. The Hall–Kier alpha value is -2.70. The van der Waals surface area contributed by atoms with Crippen molar-refractivity contribution in [3.05, 3.63) is 61.0 Å². The van der Waals surface area contributed by atoms with Crippen LogP contribution in [0.4, 0.5) is 0 Å². The zero-order chi connectivity index (χ0) is 21.8. The number of methoxy groups -OCH3 is 1. The third kappa shape index (κ3) is 4.55. The van der Waals surface area contributed by atoms with E-state index in [2.05, 4.69) is 41.9 Å². The molecule has 0 unspecified atom stereocenters. The second-order valence-corrected chi connectivity index (χ2v) is 8.40. The molecule has 1 aromatic heterocycles. The summed E-state index contributed by atoms with van der Waals surface area (Å²) < 4.78 is 13.5. The van der Waals surface area contributed by atoms with Gasteiger partial charge in [0.1, 0.15) is 11.9 Å². The van der Waals surface area contributed by atoms with Gasteiger partial charge in [-0.15, -0.1) is 0 Å². The number of benzene rings is 2. The Morgan fingerprint density at radius 2 is 2.07 bits per heavy atom. The molecule has 0 radical (unpaired) electrons. The number of aromatic nitrogens is 2. The topological polar surface area (TPSA) is 89.5 Å². The fourth-order valence-electron chi connectivity index (χ4n) is 2.83. The van der Waals surface area contributed by atoms with Gasteiger partial charge in [0.2, 0.25) is 0 Å². The highest BCUT2D eigenvalue weighted by Crippen LogP contribution is 2.36. The second kappa shape index (κ2) is 9.41. The number of ether oxygens (including phenoxy) is 2. The Labute approximate surface area is 190 Å². The highest BCUT2D eigenvalue weighted by Gasteiger charge is 2.15. The van der Waals surface area contributed by atoms with Crippen LogP contribution >= 0.6 is 31.9 Å². The van der Waals surface area contributed by atoms with Gasteiger partial charge < -0.3 is 9.47 Å². The lowest BCUT2D eigenvalue weighted by molar-refractivity contribution is 0.327. The molecule has 3 aromatic rings. The number of nitrogens with zero attached hydrogens (tertiary/aromatic N) is 4. The Morgan fingerprint density at radius 1 is 1.30 bits per heavy atom. The van der Waals surface area contributed by atoms with Crippen LogP contribution in [0.15, 0.2) is 49.2 Å². The molecule has 0 atom stereocenters. The summed E-state index contributed by atoms with van der Waals surface area (Å²) in [7, 11) is 1.51. The van der Waals surface area contributed by atoms with Crippen molar-refractivity contribution in [3.63, 3.8) is 0 Å². The average Bonchev–Trinajstić information content (AvgIpc) is 2.72. The quantitative estimate of drug-likeness (QED) is 0.423. The minimum Gasteiger partial charge on any atom is -0.493 e. The van der Waals surface area contributed by atoms with E-state index in [4.69, 9.17) is 14.7 Å². The number of hydrogen-bond donors (Lipinski definition) is 0. The van der Waals surface area contributed by atoms with Gasteiger partial charge in [0.25, 0.3) is 5.56 Å². The minimum atomic E-state index is -0.249. The monoisotopic (exact) mass is 532 g/mol. The summed E-state index contributed by atoms with van der Waals surface area (Å²) in [4.78, 5) is 17.7. The molecule has 7 nitrogen and oxygen atoms in total. The van der Waals surface area contributed by atoms with Crippen molar-refractivity contribution in [1.29, 1.82) is 5.26 Å². The van der Waals surface area contributed by atoms with Crippen LogP contribution in [0, 0.1) is 11.3 Å². The molecule has 0 fully saturated rings. The predicted octanol–water partition coefficient (Wildman–Crippen LogP) is 4.84. The van der Waals surface area contributed by atoms with Crippen LogP contribution in [0.1, 0.15) is 31.2 Å². The van der Waals surface area contributed by atoms with Gasteiger partial charge in [0, 0.05) is 10.4 Å². The summed E-state index contributed by atoms with van der Waals surface area (Å²) in [6, 6.07) is 10.8. The minimum absolute atomic E-state index is 0.00840. The number of rotatable bonds is 6. The van der Waals surface area contributed by atoms with Crippen molar-refractivity contribution >= 4 is 49.0 Å². The molecule has 0 aliphatic carbocycles. The predicted molar refractivity (Wildman–Crippen MR) is 123 cm³/mol. The van der Waals surface area contributed by atoms with E-state index in [1.807, 2.05) is 32.0 Å². The zero-order valence-electron chi connectivity index (χ0n) is 16.5. The summed E-state index contributed by atoms with van der Waals surface area (Å²) in [6.45, 7) is 3.81. The van der Waals surface area contributed by atoms with Gasteiger partial charge in [0.05, 0.1) is 28.7 Å². The van der Waals surface area contributed by atoms with Crippen LogP contribution in [0.5, 0.6) is 11.5 Å². The third-order valence-corrected chi connectivity index (χ3v) is 5.29. The fraction of sp³-hybridized carbons (Fsp3) is 0.238.